The Balaban J connectivity index is 2.21. The zero-order chi connectivity index (χ0) is 11.5. The summed E-state index contributed by atoms with van der Waals surface area (Å²) in [6.07, 6.45) is 5.05. The van der Waals surface area contributed by atoms with E-state index in [0.717, 1.165) is 12.1 Å². The highest BCUT2D eigenvalue weighted by Crippen LogP contribution is 2.12. The van der Waals surface area contributed by atoms with Gasteiger partial charge in [0.1, 0.15) is 0 Å². The molecule has 2 nitrogen and oxygen atoms in total. The van der Waals surface area contributed by atoms with Gasteiger partial charge in [-0.25, -0.2) is 4.98 Å². The second kappa shape index (κ2) is 4.52. The van der Waals surface area contributed by atoms with E-state index in [2.05, 4.69) is 60.8 Å². The van der Waals surface area contributed by atoms with Gasteiger partial charge in [0, 0.05) is 11.9 Å². The second-order valence-electron chi connectivity index (χ2n) is 4.71. The van der Waals surface area contributed by atoms with Gasteiger partial charge in [0.2, 0.25) is 0 Å². The molecule has 0 spiro atoms. The molecule has 1 aromatic heterocycles. The van der Waals surface area contributed by atoms with E-state index in [4.69, 9.17) is 0 Å². The Bertz CT molecular complexity index is 452. The molecular weight excluding hydrogens is 196 g/mol. The number of hydrogen-bond acceptors (Lipinski definition) is 1. The van der Waals surface area contributed by atoms with Gasteiger partial charge in [-0.2, -0.15) is 0 Å². The maximum absolute atomic E-state index is 4.42. The number of nitrogens with zero attached hydrogens (tertiary/aromatic N) is 2. The summed E-state index contributed by atoms with van der Waals surface area (Å²) in [5.41, 5.74) is 3.62. The fourth-order valence-corrected chi connectivity index (χ4v) is 1.75. The van der Waals surface area contributed by atoms with E-state index in [1.165, 1.54) is 11.3 Å². The van der Waals surface area contributed by atoms with E-state index in [-0.39, 0.29) is 0 Å². The normalized spacial score (nSPS) is 11.0. The molecule has 0 saturated heterocycles. The molecule has 2 rings (SSSR count). The number of hydrogen-bond donors (Lipinski definition) is 0. The molecular formula is C14H18N2. The van der Waals surface area contributed by atoms with E-state index in [1.54, 1.807) is 0 Å². The predicted molar refractivity (Wildman–Crippen MR) is 66.8 cm³/mol. The summed E-state index contributed by atoms with van der Waals surface area (Å²) < 4.78 is 2.08. The van der Waals surface area contributed by atoms with Crippen LogP contribution in [0.3, 0.4) is 0 Å². The van der Waals surface area contributed by atoms with Gasteiger partial charge < -0.3 is 4.57 Å². The van der Waals surface area contributed by atoms with Crippen molar-refractivity contribution in [2.45, 2.75) is 27.2 Å². The predicted octanol–water partition coefficient (Wildman–Crippen LogP) is 3.38. The average Bonchev–Trinajstić information content (AvgIpc) is 2.66. The lowest BCUT2D eigenvalue weighted by molar-refractivity contribution is 0.637. The largest absolute Gasteiger partial charge is 0.306 e. The minimum absolute atomic E-state index is 0.654. The Morgan fingerprint density at radius 1 is 1.19 bits per heavy atom. The maximum Gasteiger partial charge on any atom is 0.0995 e. The van der Waals surface area contributed by atoms with E-state index >= 15 is 0 Å². The van der Waals surface area contributed by atoms with Crippen LogP contribution in [0.5, 0.6) is 0 Å². The summed E-state index contributed by atoms with van der Waals surface area (Å²) >= 11 is 0. The van der Waals surface area contributed by atoms with Gasteiger partial charge in [-0.05, 0) is 31.4 Å². The fraction of sp³-hybridized carbons (Fsp3) is 0.357. The van der Waals surface area contributed by atoms with Gasteiger partial charge >= 0.3 is 0 Å². The number of rotatable bonds is 3. The highest BCUT2D eigenvalue weighted by atomic mass is 15.0. The molecule has 16 heavy (non-hydrogen) atoms. The first-order chi connectivity index (χ1) is 7.65. The highest BCUT2D eigenvalue weighted by molar-refractivity contribution is 5.34. The van der Waals surface area contributed by atoms with Crippen molar-refractivity contribution in [3.8, 4) is 5.69 Å². The second-order valence-corrected chi connectivity index (χ2v) is 4.71. The third-order valence-electron chi connectivity index (χ3n) is 2.59. The molecule has 0 radical (unpaired) electrons. The van der Waals surface area contributed by atoms with Crippen LogP contribution in [0.1, 0.15) is 25.1 Å². The van der Waals surface area contributed by atoms with Crippen LogP contribution >= 0.6 is 0 Å². The van der Waals surface area contributed by atoms with Crippen molar-refractivity contribution >= 4 is 0 Å². The fourth-order valence-electron chi connectivity index (χ4n) is 1.75. The smallest absolute Gasteiger partial charge is 0.0995 e. The van der Waals surface area contributed by atoms with Crippen molar-refractivity contribution in [2.24, 2.45) is 5.92 Å². The summed E-state index contributed by atoms with van der Waals surface area (Å²) in [6, 6.07) is 8.49. The maximum atomic E-state index is 4.42. The van der Waals surface area contributed by atoms with Crippen LogP contribution in [0.4, 0.5) is 0 Å². The van der Waals surface area contributed by atoms with Crippen LogP contribution in [0.15, 0.2) is 36.8 Å². The molecule has 2 aromatic rings. The van der Waals surface area contributed by atoms with Crippen LogP contribution in [-0.4, -0.2) is 9.55 Å². The Morgan fingerprint density at radius 2 is 1.88 bits per heavy atom. The van der Waals surface area contributed by atoms with E-state index in [1.807, 2.05) is 6.33 Å². The molecule has 0 fully saturated rings. The summed E-state index contributed by atoms with van der Waals surface area (Å²) in [6.45, 7) is 6.53. The summed E-state index contributed by atoms with van der Waals surface area (Å²) in [7, 11) is 0. The molecule has 1 aromatic carbocycles. The molecule has 0 atom stereocenters. The van der Waals surface area contributed by atoms with Crippen LogP contribution in [0.2, 0.25) is 0 Å². The van der Waals surface area contributed by atoms with Crippen LogP contribution in [-0.2, 0) is 6.42 Å². The molecule has 2 heteroatoms. The van der Waals surface area contributed by atoms with Crippen molar-refractivity contribution in [3.05, 3.63) is 48.0 Å². The molecule has 84 valence electrons. The monoisotopic (exact) mass is 214 g/mol. The van der Waals surface area contributed by atoms with Crippen molar-refractivity contribution in [2.75, 3.05) is 0 Å². The molecule has 0 saturated carbocycles. The first-order valence-electron chi connectivity index (χ1n) is 5.75. The van der Waals surface area contributed by atoms with Crippen LogP contribution in [0.25, 0.3) is 5.69 Å². The zero-order valence-electron chi connectivity index (χ0n) is 10.1. The topological polar surface area (TPSA) is 17.8 Å². The third-order valence-corrected chi connectivity index (χ3v) is 2.59. The molecule has 0 aliphatic rings. The molecule has 0 amide bonds. The van der Waals surface area contributed by atoms with Crippen molar-refractivity contribution in [3.63, 3.8) is 0 Å². The van der Waals surface area contributed by atoms with E-state index < -0.39 is 0 Å². The molecule has 0 aliphatic carbocycles. The van der Waals surface area contributed by atoms with Gasteiger partial charge in [0.15, 0.2) is 0 Å². The Labute approximate surface area is 97.0 Å². The lowest BCUT2D eigenvalue weighted by Gasteiger charge is -2.02. The quantitative estimate of drug-likeness (QED) is 0.766. The van der Waals surface area contributed by atoms with Crippen LogP contribution in [0, 0.1) is 12.8 Å². The lowest BCUT2D eigenvalue weighted by atomic mass is 10.1. The SMILES string of the molecule is Cc1ccc(-n2cnc(CC(C)C)c2)cc1. The van der Waals surface area contributed by atoms with Crippen molar-refractivity contribution < 1.29 is 0 Å². The van der Waals surface area contributed by atoms with Gasteiger partial charge in [-0.3, -0.25) is 0 Å². The number of aromatic nitrogens is 2. The van der Waals surface area contributed by atoms with E-state index in [0.29, 0.717) is 5.92 Å². The standard InChI is InChI=1S/C14H18N2/c1-11(2)8-13-9-16(10-15-13)14-6-4-12(3)5-7-14/h4-7,9-11H,8H2,1-3H3. The van der Waals surface area contributed by atoms with Gasteiger partial charge in [0.05, 0.1) is 12.0 Å². The molecule has 0 aliphatic heterocycles. The molecule has 1 heterocycles. The Hall–Kier alpha value is -1.57. The summed E-state index contributed by atoms with van der Waals surface area (Å²) in [5.74, 6) is 0.654. The van der Waals surface area contributed by atoms with Gasteiger partial charge in [-0.15, -0.1) is 0 Å². The first kappa shape index (κ1) is 10.9. The molecule has 0 N–H and O–H groups in total. The summed E-state index contributed by atoms with van der Waals surface area (Å²) in [4.78, 5) is 4.42. The first-order valence-corrected chi connectivity index (χ1v) is 5.75. The van der Waals surface area contributed by atoms with E-state index in [9.17, 15) is 0 Å². The molecule has 0 unspecified atom stereocenters. The summed E-state index contributed by atoms with van der Waals surface area (Å²) in [5, 5.41) is 0. The number of imidazole rings is 1. The number of benzene rings is 1. The van der Waals surface area contributed by atoms with Gasteiger partial charge in [0.25, 0.3) is 0 Å². The zero-order valence-corrected chi connectivity index (χ0v) is 10.1. The highest BCUT2D eigenvalue weighted by Gasteiger charge is 2.02. The Morgan fingerprint density at radius 3 is 2.50 bits per heavy atom. The minimum atomic E-state index is 0.654. The van der Waals surface area contributed by atoms with Gasteiger partial charge in [-0.1, -0.05) is 31.5 Å². The average molecular weight is 214 g/mol. The number of aryl methyl sites for hydroxylation is 1. The molecule has 0 bridgehead atoms. The Kier molecular flexibility index (Phi) is 3.09. The van der Waals surface area contributed by atoms with Crippen molar-refractivity contribution in [1.82, 2.24) is 9.55 Å². The minimum Gasteiger partial charge on any atom is -0.306 e. The lowest BCUT2D eigenvalue weighted by Crippen LogP contribution is -1.94. The van der Waals surface area contributed by atoms with Crippen molar-refractivity contribution in [1.29, 1.82) is 0 Å². The van der Waals surface area contributed by atoms with Crippen LogP contribution < -0.4 is 0 Å². The third kappa shape index (κ3) is 2.51.